The maximum Gasteiger partial charge on any atom is 0.0431 e. The number of pyridine rings is 1. The second kappa shape index (κ2) is 4.59. The Kier molecular flexibility index (Phi) is 3.68. The molecule has 0 N–H and O–H groups in total. The monoisotopic (exact) mass is 191 g/mol. The third kappa shape index (κ3) is 2.34. The molecule has 14 heavy (non-hydrogen) atoms. The van der Waals surface area contributed by atoms with Gasteiger partial charge in [-0.25, -0.2) is 0 Å². The molecule has 1 heterocycles. The lowest BCUT2D eigenvalue weighted by Gasteiger charge is -2.13. The Morgan fingerprint density at radius 3 is 2.21 bits per heavy atom. The van der Waals surface area contributed by atoms with Crippen molar-refractivity contribution in [1.29, 1.82) is 0 Å². The third-order valence-electron chi connectivity index (χ3n) is 2.64. The first-order valence-electron chi connectivity index (χ1n) is 5.55. The minimum Gasteiger partial charge on any atom is -0.261 e. The lowest BCUT2D eigenvalue weighted by molar-refractivity contribution is 0.787. The van der Waals surface area contributed by atoms with E-state index in [1.165, 1.54) is 16.8 Å². The zero-order chi connectivity index (χ0) is 10.7. The molecule has 0 amide bonds. The van der Waals surface area contributed by atoms with Crippen LogP contribution in [-0.4, -0.2) is 4.98 Å². The molecule has 0 aliphatic heterocycles. The van der Waals surface area contributed by atoms with Gasteiger partial charge in [0.1, 0.15) is 0 Å². The molecule has 0 unspecified atom stereocenters. The van der Waals surface area contributed by atoms with E-state index < -0.39 is 0 Å². The number of hydrogen-bond acceptors (Lipinski definition) is 1. The maximum absolute atomic E-state index is 4.51. The third-order valence-corrected chi connectivity index (χ3v) is 2.64. The summed E-state index contributed by atoms with van der Waals surface area (Å²) in [5, 5.41) is 0. The standard InChI is InChI=1S/C13H21N/c1-6-11-7-13(10(4)5)14-8-12(11)9(2)3/h7-10H,6H2,1-5H3. The molecule has 1 nitrogen and oxygen atoms in total. The maximum atomic E-state index is 4.51. The van der Waals surface area contributed by atoms with Crippen LogP contribution in [0.2, 0.25) is 0 Å². The summed E-state index contributed by atoms with van der Waals surface area (Å²) in [6, 6.07) is 2.26. The first-order valence-corrected chi connectivity index (χ1v) is 5.55. The fourth-order valence-electron chi connectivity index (χ4n) is 1.67. The molecule has 78 valence electrons. The molecule has 1 heteroatoms. The van der Waals surface area contributed by atoms with Crippen LogP contribution in [0.3, 0.4) is 0 Å². The Hall–Kier alpha value is -0.850. The summed E-state index contributed by atoms with van der Waals surface area (Å²) in [6.45, 7) is 11.1. The number of aromatic nitrogens is 1. The van der Waals surface area contributed by atoms with Gasteiger partial charge in [-0.1, -0.05) is 34.6 Å². The van der Waals surface area contributed by atoms with E-state index in [1.807, 2.05) is 0 Å². The Bertz CT molecular complexity index is 300. The quantitative estimate of drug-likeness (QED) is 0.706. The Morgan fingerprint density at radius 1 is 1.14 bits per heavy atom. The zero-order valence-corrected chi connectivity index (χ0v) is 9.96. The predicted octanol–water partition coefficient (Wildman–Crippen LogP) is 3.89. The first kappa shape index (κ1) is 11.2. The van der Waals surface area contributed by atoms with Crippen molar-refractivity contribution in [2.75, 3.05) is 0 Å². The number of nitrogens with zero attached hydrogens (tertiary/aromatic N) is 1. The second-order valence-corrected chi connectivity index (χ2v) is 4.47. The van der Waals surface area contributed by atoms with Crippen molar-refractivity contribution in [3.8, 4) is 0 Å². The molecule has 0 fully saturated rings. The van der Waals surface area contributed by atoms with Gasteiger partial charge in [0.15, 0.2) is 0 Å². The number of hydrogen-bond donors (Lipinski definition) is 0. The SMILES string of the molecule is CCc1cc(C(C)C)ncc1C(C)C. The highest BCUT2D eigenvalue weighted by Crippen LogP contribution is 2.22. The smallest absolute Gasteiger partial charge is 0.0431 e. The van der Waals surface area contributed by atoms with Gasteiger partial charge in [-0.05, 0) is 35.4 Å². The minimum absolute atomic E-state index is 0.529. The van der Waals surface area contributed by atoms with Crippen LogP contribution in [0.4, 0.5) is 0 Å². The molecule has 1 aromatic heterocycles. The molecule has 1 rings (SSSR count). The Balaban J connectivity index is 3.11. The van der Waals surface area contributed by atoms with Crippen LogP contribution < -0.4 is 0 Å². The van der Waals surface area contributed by atoms with Crippen LogP contribution in [0.25, 0.3) is 0 Å². The van der Waals surface area contributed by atoms with Gasteiger partial charge in [0.25, 0.3) is 0 Å². The first-order chi connectivity index (χ1) is 6.56. The van der Waals surface area contributed by atoms with Crippen molar-refractivity contribution in [3.63, 3.8) is 0 Å². The summed E-state index contributed by atoms with van der Waals surface area (Å²) in [6.07, 6.45) is 3.16. The highest BCUT2D eigenvalue weighted by Gasteiger charge is 2.08. The van der Waals surface area contributed by atoms with E-state index >= 15 is 0 Å². The molecule has 0 aliphatic rings. The van der Waals surface area contributed by atoms with Crippen molar-refractivity contribution in [1.82, 2.24) is 4.98 Å². The van der Waals surface area contributed by atoms with Gasteiger partial charge in [0.2, 0.25) is 0 Å². The highest BCUT2D eigenvalue weighted by molar-refractivity contribution is 5.30. The lowest BCUT2D eigenvalue weighted by Crippen LogP contribution is -2.01. The fourth-order valence-corrected chi connectivity index (χ4v) is 1.67. The van der Waals surface area contributed by atoms with E-state index in [4.69, 9.17) is 0 Å². The highest BCUT2D eigenvalue weighted by atomic mass is 14.7. The molecule has 0 atom stereocenters. The number of aryl methyl sites for hydroxylation is 1. The van der Waals surface area contributed by atoms with Crippen LogP contribution >= 0.6 is 0 Å². The molecule has 0 aliphatic carbocycles. The summed E-state index contributed by atoms with van der Waals surface area (Å²) >= 11 is 0. The van der Waals surface area contributed by atoms with E-state index in [0.717, 1.165) is 6.42 Å². The lowest BCUT2D eigenvalue weighted by atomic mass is 9.95. The van der Waals surface area contributed by atoms with Gasteiger partial charge in [0.05, 0.1) is 0 Å². The van der Waals surface area contributed by atoms with Crippen molar-refractivity contribution in [3.05, 3.63) is 29.1 Å². The van der Waals surface area contributed by atoms with Gasteiger partial charge in [-0.2, -0.15) is 0 Å². The Labute approximate surface area is 87.6 Å². The van der Waals surface area contributed by atoms with Crippen LogP contribution in [0.15, 0.2) is 12.3 Å². The van der Waals surface area contributed by atoms with Crippen molar-refractivity contribution < 1.29 is 0 Å². The largest absolute Gasteiger partial charge is 0.261 e. The van der Waals surface area contributed by atoms with E-state index in [2.05, 4.69) is 51.9 Å². The normalized spacial score (nSPS) is 11.4. The second-order valence-electron chi connectivity index (χ2n) is 4.47. The Morgan fingerprint density at radius 2 is 1.79 bits per heavy atom. The summed E-state index contributed by atoms with van der Waals surface area (Å²) in [7, 11) is 0. The van der Waals surface area contributed by atoms with Gasteiger partial charge in [0, 0.05) is 11.9 Å². The van der Waals surface area contributed by atoms with Gasteiger partial charge in [-0.15, -0.1) is 0 Å². The van der Waals surface area contributed by atoms with Crippen molar-refractivity contribution in [2.24, 2.45) is 0 Å². The predicted molar refractivity (Wildman–Crippen MR) is 61.8 cm³/mol. The van der Waals surface area contributed by atoms with Crippen LogP contribution in [-0.2, 0) is 6.42 Å². The van der Waals surface area contributed by atoms with E-state index in [-0.39, 0.29) is 0 Å². The molecule has 0 saturated carbocycles. The molecule has 0 spiro atoms. The topological polar surface area (TPSA) is 12.9 Å². The van der Waals surface area contributed by atoms with E-state index in [1.54, 1.807) is 0 Å². The molecule has 0 radical (unpaired) electrons. The molecule has 1 aromatic rings. The summed E-state index contributed by atoms with van der Waals surface area (Å²) in [5.41, 5.74) is 4.07. The fraction of sp³-hybridized carbons (Fsp3) is 0.615. The average Bonchev–Trinajstić information content (AvgIpc) is 2.16. The van der Waals surface area contributed by atoms with Gasteiger partial charge < -0.3 is 0 Å². The van der Waals surface area contributed by atoms with Gasteiger partial charge >= 0.3 is 0 Å². The number of rotatable bonds is 3. The van der Waals surface area contributed by atoms with Crippen molar-refractivity contribution in [2.45, 2.75) is 52.9 Å². The molecule has 0 saturated heterocycles. The van der Waals surface area contributed by atoms with E-state index in [0.29, 0.717) is 11.8 Å². The summed E-state index contributed by atoms with van der Waals surface area (Å²) < 4.78 is 0. The van der Waals surface area contributed by atoms with E-state index in [9.17, 15) is 0 Å². The summed E-state index contributed by atoms with van der Waals surface area (Å²) in [5.74, 6) is 1.11. The molecule has 0 bridgehead atoms. The van der Waals surface area contributed by atoms with Crippen LogP contribution in [0, 0.1) is 0 Å². The molecular formula is C13H21N. The zero-order valence-electron chi connectivity index (χ0n) is 9.96. The minimum atomic E-state index is 0.529. The molecular weight excluding hydrogens is 170 g/mol. The molecule has 0 aromatic carbocycles. The summed E-state index contributed by atoms with van der Waals surface area (Å²) in [4.78, 5) is 4.51. The van der Waals surface area contributed by atoms with Gasteiger partial charge in [-0.3, -0.25) is 4.98 Å². The van der Waals surface area contributed by atoms with Crippen LogP contribution in [0.5, 0.6) is 0 Å². The average molecular weight is 191 g/mol. The van der Waals surface area contributed by atoms with Crippen LogP contribution in [0.1, 0.15) is 63.3 Å². The van der Waals surface area contributed by atoms with Crippen molar-refractivity contribution >= 4 is 0 Å².